The first-order chi connectivity index (χ1) is 10.8. The summed E-state index contributed by atoms with van der Waals surface area (Å²) >= 11 is 0. The van der Waals surface area contributed by atoms with Crippen molar-refractivity contribution in [3.8, 4) is 0 Å². The van der Waals surface area contributed by atoms with Crippen molar-refractivity contribution in [3.63, 3.8) is 0 Å². The minimum atomic E-state index is -0.650. The van der Waals surface area contributed by atoms with Gasteiger partial charge in [0.2, 0.25) is 5.43 Å². The predicted octanol–water partition coefficient (Wildman–Crippen LogP) is 3.38. The maximum absolute atomic E-state index is 12.7. The Bertz CT molecular complexity index is 1070. The fraction of sp³-hybridized carbons (Fsp3) is 0.133. The van der Waals surface area contributed by atoms with E-state index in [2.05, 4.69) is 0 Å². The standard InChI is InChI=1S/C15H10N2O6/c1-7-5-8(2)15-12(13(7)17(21)22)14(18)10-6-9(16(19)20)3-4-11(10)23-15/h3-6H,1-2H3. The van der Waals surface area contributed by atoms with E-state index in [0.29, 0.717) is 11.1 Å². The number of nitro benzene ring substituents is 2. The average Bonchev–Trinajstić information content (AvgIpc) is 2.47. The van der Waals surface area contributed by atoms with Gasteiger partial charge in [-0.1, -0.05) is 0 Å². The molecule has 0 amide bonds. The molecule has 0 atom stereocenters. The molecule has 3 rings (SSSR count). The van der Waals surface area contributed by atoms with Gasteiger partial charge in [-0.2, -0.15) is 0 Å². The molecule has 0 fully saturated rings. The summed E-state index contributed by atoms with van der Waals surface area (Å²) in [6, 6.07) is 5.18. The fourth-order valence-corrected chi connectivity index (χ4v) is 2.68. The van der Waals surface area contributed by atoms with Crippen LogP contribution < -0.4 is 5.43 Å². The lowest BCUT2D eigenvalue weighted by Gasteiger charge is -2.07. The summed E-state index contributed by atoms with van der Waals surface area (Å²) in [5.41, 5.74) is -0.0899. The van der Waals surface area contributed by atoms with Crippen molar-refractivity contribution in [2.75, 3.05) is 0 Å². The molecule has 0 unspecified atom stereocenters. The van der Waals surface area contributed by atoms with E-state index >= 15 is 0 Å². The van der Waals surface area contributed by atoms with Crippen molar-refractivity contribution in [2.45, 2.75) is 13.8 Å². The normalized spacial score (nSPS) is 11.0. The second kappa shape index (κ2) is 4.87. The first kappa shape index (κ1) is 14.6. The van der Waals surface area contributed by atoms with Crippen molar-refractivity contribution in [1.29, 1.82) is 0 Å². The number of nitrogens with zero attached hydrogens (tertiary/aromatic N) is 2. The molecule has 0 saturated heterocycles. The molecule has 0 aliphatic rings. The third-order valence-electron chi connectivity index (χ3n) is 3.67. The molecule has 116 valence electrons. The highest BCUT2D eigenvalue weighted by atomic mass is 16.6. The van der Waals surface area contributed by atoms with Gasteiger partial charge < -0.3 is 4.42 Å². The Hall–Kier alpha value is -3.29. The van der Waals surface area contributed by atoms with Gasteiger partial charge in [-0.25, -0.2) is 0 Å². The van der Waals surface area contributed by atoms with Gasteiger partial charge in [0.1, 0.15) is 16.6 Å². The lowest BCUT2D eigenvalue weighted by atomic mass is 10.0. The van der Waals surface area contributed by atoms with Crippen LogP contribution in [0.15, 0.2) is 33.5 Å². The van der Waals surface area contributed by atoms with E-state index in [1.807, 2.05) is 0 Å². The van der Waals surface area contributed by atoms with Crippen LogP contribution >= 0.6 is 0 Å². The molecular formula is C15H10N2O6. The van der Waals surface area contributed by atoms with Crippen molar-refractivity contribution in [2.24, 2.45) is 0 Å². The summed E-state index contributed by atoms with van der Waals surface area (Å²) in [7, 11) is 0. The van der Waals surface area contributed by atoms with Gasteiger partial charge in [0.15, 0.2) is 0 Å². The zero-order valence-corrected chi connectivity index (χ0v) is 12.2. The third kappa shape index (κ3) is 2.11. The Kier molecular flexibility index (Phi) is 3.10. The quantitative estimate of drug-likeness (QED) is 0.406. The number of hydrogen-bond acceptors (Lipinski definition) is 6. The van der Waals surface area contributed by atoms with E-state index in [-0.39, 0.29) is 33.3 Å². The molecule has 0 N–H and O–H groups in total. The smallest absolute Gasteiger partial charge is 0.287 e. The second-order valence-corrected chi connectivity index (χ2v) is 5.19. The molecule has 0 radical (unpaired) electrons. The molecule has 23 heavy (non-hydrogen) atoms. The predicted molar refractivity (Wildman–Crippen MR) is 82.8 cm³/mol. The highest BCUT2D eigenvalue weighted by molar-refractivity contribution is 5.97. The van der Waals surface area contributed by atoms with Crippen molar-refractivity contribution in [3.05, 3.63) is 65.8 Å². The number of nitro groups is 2. The zero-order valence-electron chi connectivity index (χ0n) is 12.2. The molecule has 0 aliphatic heterocycles. The van der Waals surface area contributed by atoms with E-state index in [0.717, 1.165) is 6.07 Å². The highest BCUT2D eigenvalue weighted by Crippen LogP contribution is 2.32. The number of hydrogen-bond donors (Lipinski definition) is 0. The van der Waals surface area contributed by atoms with Gasteiger partial charge in [0, 0.05) is 17.7 Å². The summed E-state index contributed by atoms with van der Waals surface area (Å²) in [6.45, 7) is 3.21. The van der Waals surface area contributed by atoms with Crippen LogP contribution in [-0.2, 0) is 0 Å². The van der Waals surface area contributed by atoms with Gasteiger partial charge >= 0.3 is 0 Å². The first-order valence-corrected chi connectivity index (χ1v) is 6.61. The van der Waals surface area contributed by atoms with Crippen LogP contribution in [0.5, 0.6) is 0 Å². The number of non-ortho nitro benzene ring substituents is 1. The fourth-order valence-electron chi connectivity index (χ4n) is 2.68. The summed E-state index contributed by atoms with van der Waals surface area (Å²) in [6.07, 6.45) is 0. The summed E-state index contributed by atoms with van der Waals surface area (Å²) in [5.74, 6) is 0. The number of aryl methyl sites for hydroxylation is 2. The summed E-state index contributed by atoms with van der Waals surface area (Å²) in [5, 5.41) is 22.0. The van der Waals surface area contributed by atoms with Gasteiger partial charge in [0.05, 0.1) is 15.2 Å². The second-order valence-electron chi connectivity index (χ2n) is 5.19. The van der Waals surface area contributed by atoms with E-state index in [1.54, 1.807) is 13.0 Å². The monoisotopic (exact) mass is 314 g/mol. The van der Waals surface area contributed by atoms with Gasteiger partial charge in [-0.3, -0.25) is 25.0 Å². The molecule has 0 spiro atoms. The number of fused-ring (bicyclic) bond motifs is 2. The Morgan fingerprint density at radius 1 is 1.00 bits per heavy atom. The Morgan fingerprint density at radius 3 is 2.30 bits per heavy atom. The maximum Gasteiger partial charge on any atom is 0.287 e. The average molecular weight is 314 g/mol. The van der Waals surface area contributed by atoms with Crippen molar-refractivity contribution >= 4 is 33.3 Å². The summed E-state index contributed by atoms with van der Waals surface area (Å²) < 4.78 is 5.61. The molecule has 0 saturated carbocycles. The Balaban J connectivity index is 2.60. The van der Waals surface area contributed by atoms with Crippen molar-refractivity contribution in [1.82, 2.24) is 0 Å². The molecule has 3 aromatic rings. The Morgan fingerprint density at radius 2 is 1.70 bits per heavy atom. The highest BCUT2D eigenvalue weighted by Gasteiger charge is 2.24. The van der Waals surface area contributed by atoms with Crippen LogP contribution in [0.2, 0.25) is 0 Å². The molecule has 8 nitrogen and oxygen atoms in total. The molecule has 0 bridgehead atoms. The Labute approximate surface area is 128 Å². The minimum Gasteiger partial charge on any atom is -0.455 e. The van der Waals surface area contributed by atoms with Crippen LogP contribution in [0.3, 0.4) is 0 Å². The zero-order chi connectivity index (χ0) is 16.9. The molecule has 1 aromatic heterocycles. The summed E-state index contributed by atoms with van der Waals surface area (Å²) in [4.78, 5) is 33.6. The van der Waals surface area contributed by atoms with Gasteiger partial charge in [-0.15, -0.1) is 0 Å². The van der Waals surface area contributed by atoms with Gasteiger partial charge in [-0.05, 0) is 31.5 Å². The molecule has 2 aromatic carbocycles. The largest absolute Gasteiger partial charge is 0.455 e. The van der Waals surface area contributed by atoms with E-state index in [4.69, 9.17) is 4.42 Å². The number of benzene rings is 2. The van der Waals surface area contributed by atoms with Gasteiger partial charge in [0.25, 0.3) is 11.4 Å². The van der Waals surface area contributed by atoms with Crippen LogP contribution in [0.4, 0.5) is 11.4 Å². The number of rotatable bonds is 2. The lowest BCUT2D eigenvalue weighted by Crippen LogP contribution is -2.08. The van der Waals surface area contributed by atoms with Crippen LogP contribution in [0, 0.1) is 34.1 Å². The molecule has 1 heterocycles. The van der Waals surface area contributed by atoms with E-state index < -0.39 is 15.3 Å². The van der Waals surface area contributed by atoms with Crippen LogP contribution in [0.1, 0.15) is 11.1 Å². The van der Waals surface area contributed by atoms with E-state index in [9.17, 15) is 25.0 Å². The topological polar surface area (TPSA) is 116 Å². The third-order valence-corrected chi connectivity index (χ3v) is 3.67. The van der Waals surface area contributed by atoms with Crippen molar-refractivity contribution < 1.29 is 14.3 Å². The maximum atomic E-state index is 12.7. The molecule has 0 aliphatic carbocycles. The SMILES string of the molecule is Cc1cc(C)c2oc3ccc([N+](=O)[O-])cc3c(=O)c2c1[N+](=O)[O-]. The molecular weight excluding hydrogens is 304 g/mol. The van der Waals surface area contributed by atoms with Crippen LogP contribution in [-0.4, -0.2) is 9.85 Å². The van der Waals surface area contributed by atoms with E-state index in [1.165, 1.54) is 19.1 Å². The molecule has 8 heteroatoms. The lowest BCUT2D eigenvalue weighted by molar-refractivity contribution is -0.384. The minimum absolute atomic E-state index is 0.0557. The van der Waals surface area contributed by atoms with Crippen LogP contribution in [0.25, 0.3) is 21.9 Å². The first-order valence-electron chi connectivity index (χ1n) is 6.61.